The average molecular weight is 346 g/mol. The molecule has 1 fully saturated rings. The molecule has 0 spiro atoms. The van der Waals surface area contributed by atoms with Gasteiger partial charge in [-0.1, -0.05) is 0 Å². The average Bonchev–Trinajstić information content (AvgIpc) is 2.57. The van der Waals surface area contributed by atoms with Crippen molar-refractivity contribution in [2.45, 2.75) is 32.4 Å². The fourth-order valence-corrected chi connectivity index (χ4v) is 3.02. The molecular formula is C17H23FN6O. The number of hydrogen-bond acceptors (Lipinski definition) is 7. The van der Waals surface area contributed by atoms with Gasteiger partial charge in [-0.3, -0.25) is 4.90 Å². The predicted octanol–water partition coefficient (Wildman–Crippen LogP) is 1.93. The van der Waals surface area contributed by atoms with E-state index in [1.165, 1.54) is 12.1 Å². The molecule has 134 valence electrons. The summed E-state index contributed by atoms with van der Waals surface area (Å²) >= 11 is 0. The topological polar surface area (TPSA) is 100 Å². The second-order valence-electron chi connectivity index (χ2n) is 6.42. The molecule has 2 aromatic rings. The van der Waals surface area contributed by atoms with Crippen molar-refractivity contribution in [3.05, 3.63) is 35.9 Å². The highest BCUT2D eigenvalue weighted by atomic mass is 19.1. The SMILES string of the molecule is CC(O)C1CCN(Cc2nc(N)nc(Nc3ccc(F)cc3)n2)CC1. The summed E-state index contributed by atoms with van der Waals surface area (Å²) in [7, 11) is 0. The first kappa shape index (κ1) is 17.5. The van der Waals surface area contributed by atoms with E-state index in [2.05, 4.69) is 25.2 Å². The van der Waals surface area contributed by atoms with Gasteiger partial charge in [0.1, 0.15) is 11.6 Å². The van der Waals surface area contributed by atoms with E-state index in [0.29, 0.717) is 29.9 Å². The Labute approximate surface area is 146 Å². The summed E-state index contributed by atoms with van der Waals surface area (Å²) in [4.78, 5) is 14.9. The molecule has 4 N–H and O–H groups in total. The van der Waals surface area contributed by atoms with E-state index in [4.69, 9.17) is 5.73 Å². The molecule has 1 aromatic carbocycles. The molecule has 1 unspecified atom stereocenters. The van der Waals surface area contributed by atoms with Crippen molar-refractivity contribution in [2.75, 3.05) is 24.1 Å². The Kier molecular flexibility index (Phi) is 5.40. The van der Waals surface area contributed by atoms with Gasteiger partial charge >= 0.3 is 0 Å². The minimum Gasteiger partial charge on any atom is -0.393 e. The molecule has 7 nitrogen and oxygen atoms in total. The van der Waals surface area contributed by atoms with E-state index in [1.54, 1.807) is 12.1 Å². The number of nitrogens with one attached hydrogen (secondary N) is 1. The Morgan fingerprint density at radius 3 is 2.56 bits per heavy atom. The zero-order valence-corrected chi connectivity index (χ0v) is 14.2. The zero-order valence-electron chi connectivity index (χ0n) is 14.2. The molecular weight excluding hydrogens is 323 g/mol. The maximum Gasteiger partial charge on any atom is 0.232 e. The number of nitrogens with two attached hydrogens (primary N) is 1. The first-order chi connectivity index (χ1) is 12.0. The molecule has 0 saturated carbocycles. The zero-order chi connectivity index (χ0) is 17.8. The third kappa shape index (κ3) is 4.83. The summed E-state index contributed by atoms with van der Waals surface area (Å²) in [6.07, 6.45) is 1.65. The van der Waals surface area contributed by atoms with Crippen LogP contribution in [0.25, 0.3) is 0 Å². The van der Waals surface area contributed by atoms with Gasteiger partial charge in [-0.15, -0.1) is 0 Å². The molecule has 1 saturated heterocycles. The number of aliphatic hydroxyl groups is 1. The van der Waals surface area contributed by atoms with Gasteiger partial charge in [0, 0.05) is 5.69 Å². The van der Waals surface area contributed by atoms with Gasteiger partial charge in [0.25, 0.3) is 0 Å². The highest BCUT2D eigenvalue weighted by Crippen LogP contribution is 2.22. The van der Waals surface area contributed by atoms with Crippen LogP contribution in [0.1, 0.15) is 25.6 Å². The van der Waals surface area contributed by atoms with Crippen LogP contribution < -0.4 is 11.1 Å². The van der Waals surface area contributed by atoms with E-state index in [9.17, 15) is 9.50 Å². The highest BCUT2D eigenvalue weighted by Gasteiger charge is 2.23. The number of aromatic nitrogens is 3. The number of nitrogens with zero attached hydrogens (tertiary/aromatic N) is 4. The first-order valence-electron chi connectivity index (χ1n) is 8.43. The predicted molar refractivity (Wildman–Crippen MR) is 93.6 cm³/mol. The Bertz CT molecular complexity index is 701. The number of likely N-dealkylation sites (tertiary alicyclic amines) is 1. The summed E-state index contributed by atoms with van der Waals surface area (Å²) < 4.78 is 13.0. The minimum absolute atomic E-state index is 0.147. The standard InChI is InChI=1S/C17H23FN6O/c1-11(25)12-6-8-24(9-7-12)10-15-21-16(19)23-17(22-15)20-14-4-2-13(18)3-5-14/h2-5,11-12,25H,6-10H2,1H3,(H3,19,20,21,22,23). The van der Waals surface area contributed by atoms with Crippen molar-refractivity contribution < 1.29 is 9.50 Å². The normalized spacial score (nSPS) is 17.4. The molecule has 1 aliphatic heterocycles. The van der Waals surface area contributed by atoms with Gasteiger partial charge < -0.3 is 16.2 Å². The number of anilines is 3. The monoisotopic (exact) mass is 346 g/mol. The van der Waals surface area contributed by atoms with Crippen molar-refractivity contribution in [3.8, 4) is 0 Å². The van der Waals surface area contributed by atoms with Crippen LogP contribution in [0, 0.1) is 11.7 Å². The van der Waals surface area contributed by atoms with E-state index >= 15 is 0 Å². The summed E-state index contributed by atoms with van der Waals surface area (Å²) in [6.45, 7) is 4.21. The summed E-state index contributed by atoms with van der Waals surface area (Å²) in [6, 6.07) is 5.94. The summed E-state index contributed by atoms with van der Waals surface area (Å²) in [5.74, 6) is 1.13. The van der Waals surface area contributed by atoms with Crippen LogP contribution in [-0.2, 0) is 6.54 Å². The molecule has 1 atom stereocenters. The number of nitrogen functional groups attached to an aromatic ring is 1. The lowest BCUT2D eigenvalue weighted by Crippen LogP contribution is -2.37. The van der Waals surface area contributed by atoms with Crippen LogP contribution in [0.15, 0.2) is 24.3 Å². The van der Waals surface area contributed by atoms with Crippen LogP contribution in [0.4, 0.5) is 22.0 Å². The van der Waals surface area contributed by atoms with Crippen LogP contribution in [0.5, 0.6) is 0 Å². The number of halogens is 1. The number of benzene rings is 1. The maximum absolute atomic E-state index is 13.0. The first-order valence-corrected chi connectivity index (χ1v) is 8.43. The van der Waals surface area contributed by atoms with Crippen LogP contribution in [-0.4, -0.2) is 44.2 Å². The van der Waals surface area contributed by atoms with Crippen LogP contribution in [0.3, 0.4) is 0 Å². The third-order valence-electron chi connectivity index (χ3n) is 4.48. The van der Waals surface area contributed by atoms with Gasteiger partial charge in [-0.2, -0.15) is 15.0 Å². The van der Waals surface area contributed by atoms with Gasteiger partial charge in [0.05, 0.1) is 12.6 Å². The lowest BCUT2D eigenvalue weighted by molar-refractivity contribution is 0.0687. The van der Waals surface area contributed by atoms with Gasteiger partial charge in [0.15, 0.2) is 0 Å². The van der Waals surface area contributed by atoms with Gasteiger partial charge in [0.2, 0.25) is 11.9 Å². The largest absolute Gasteiger partial charge is 0.393 e. The van der Waals surface area contributed by atoms with Crippen molar-refractivity contribution in [1.29, 1.82) is 0 Å². The Morgan fingerprint density at radius 2 is 1.92 bits per heavy atom. The molecule has 0 aliphatic carbocycles. The quantitative estimate of drug-likeness (QED) is 0.760. The Morgan fingerprint density at radius 1 is 1.24 bits per heavy atom. The fourth-order valence-electron chi connectivity index (χ4n) is 3.02. The second-order valence-corrected chi connectivity index (χ2v) is 6.42. The van der Waals surface area contributed by atoms with Gasteiger partial charge in [-0.25, -0.2) is 4.39 Å². The summed E-state index contributed by atoms with van der Waals surface area (Å²) in [5, 5.41) is 12.7. The number of rotatable bonds is 5. The molecule has 1 aromatic heterocycles. The van der Waals surface area contributed by atoms with Crippen LogP contribution in [0.2, 0.25) is 0 Å². The minimum atomic E-state index is -0.304. The van der Waals surface area contributed by atoms with E-state index in [0.717, 1.165) is 25.9 Å². The molecule has 3 rings (SSSR count). The molecule has 25 heavy (non-hydrogen) atoms. The number of aliphatic hydroxyl groups excluding tert-OH is 1. The summed E-state index contributed by atoms with van der Waals surface area (Å²) in [5.41, 5.74) is 6.47. The molecule has 8 heteroatoms. The van der Waals surface area contributed by atoms with Crippen molar-refractivity contribution in [3.63, 3.8) is 0 Å². The third-order valence-corrected chi connectivity index (χ3v) is 4.48. The van der Waals surface area contributed by atoms with E-state index in [-0.39, 0.29) is 17.9 Å². The second kappa shape index (κ2) is 7.71. The van der Waals surface area contributed by atoms with Crippen molar-refractivity contribution >= 4 is 17.6 Å². The lowest BCUT2D eigenvalue weighted by atomic mass is 9.92. The molecule has 2 heterocycles. The smallest absolute Gasteiger partial charge is 0.232 e. The Balaban J connectivity index is 1.64. The number of hydrogen-bond donors (Lipinski definition) is 3. The molecule has 0 radical (unpaired) electrons. The fraction of sp³-hybridized carbons (Fsp3) is 0.471. The maximum atomic E-state index is 13.0. The van der Waals surface area contributed by atoms with E-state index < -0.39 is 0 Å². The van der Waals surface area contributed by atoms with Crippen molar-refractivity contribution in [2.24, 2.45) is 5.92 Å². The molecule has 0 bridgehead atoms. The van der Waals surface area contributed by atoms with Crippen molar-refractivity contribution in [1.82, 2.24) is 19.9 Å². The Hall–Kier alpha value is -2.32. The molecule has 1 aliphatic rings. The lowest BCUT2D eigenvalue weighted by Gasteiger charge is -2.32. The highest BCUT2D eigenvalue weighted by molar-refractivity contribution is 5.53. The molecule has 0 amide bonds. The number of piperidine rings is 1. The van der Waals surface area contributed by atoms with Gasteiger partial charge in [-0.05, 0) is 63.0 Å². The van der Waals surface area contributed by atoms with E-state index in [1.807, 2.05) is 6.92 Å². The van der Waals surface area contributed by atoms with Crippen LogP contribution >= 0.6 is 0 Å².